The number of aliphatic carboxylic acids is 3. The maximum atomic E-state index is 15.1. The van der Waals surface area contributed by atoms with Gasteiger partial charge in [0.25, 0.3) is 23.3 Å². The number of carboxylic acid groups (broad SMARTS) is 3. The molecule has 1 saturated heterocycles. The lowest BCUT2D eigenvalue weighted by molar-refractivity contribution is -0.141. The van der Waals surface area contributed by atoms with Crippen molar-refractivity contribution in [2.45, 2.75) is 57.0 Å². The number of urea groups is 1. The number of hydrogen-bond acceptors (Lipinski definition) is 13. The SMILES string of the molecule is O=C(O)CCC(NC(=O)NC(CCCCNC(=O)CCOCCOCCOCCNC(=O)c1cc([131I])cc(C(=O)N2CCN(C(=O)c3cc(Cc4n[nH]c(=O)c5ccccc45)ccc3F)CC2)c1)C(=O)O)C(=O)O. The molecule has 1 aliphatic rings. The summed E-state index contributed by atoms with van der Waals surface area (Å²) in [5.74, 6) is -6.25. The van der Waals surface area contributed by atoms with Crippen LogP contribution in [0.4, 0.5) is 9.18 Å². The Morgan fingerprint density at radius 2 is 1.30 bits per heavy atom. The van der Waals surface area contributed by atoms with Gasteiger partial charge < -0.3 is 60.6 Å². The Labute approximate surface area is 437 Å². The largest absolute Gasteiger partial charge is 0.481 e. The van der Waals surface area contributed by atoms with Crippen LogP contribution in [0.1, 0.15) is 80.9 Å². The zero-order chi connectivity index (χ0) is 53.6. The first-order valence-corrected chi connectivity index (χ1v) is 24.7. The molecule has 2 heterocycles. The minimum atomic E-state index is -1.51. The molecule has 74 heavy (non-hydrogen) atoms. The fourth-order valence-corrected chi connectivity index (χ4v) is 8.30. The summed E-state index contributed by atoms with van der Waals surface area (Å²) in [6.07, 6.45) is 0.139. The van der Waals surface area contributed by atoms with E-state index in [0.717, 1.165) is 0 Å². The summed E-state index contributed by atoms with van der Waals surface area (Å²) in [5.41, 5.74) is 1.36. The number of H-pyrrole nitrogens is 1. The Hall–Kier alpha value is -7.10. The van der Waals surface area contributed by atoms with E-state index < -0.39 is 60.1 Å². The zero-order valence-corrected chi connectivity index (χ0v) is 42.4. The van der Waals surface area contributed by atoms with E-state index in [4.69, 9.17) is 24.4 Å². The maximum absolute atomic E-state index is 15.1. The van der Waals surface area contributed by atoms with Crippen molar-refractivity contribution in [3.8, 4) is 0 Å². The highest BCUT2D eigenvalue weighted by molar-refractivity contribution is 14.1. The molecule has 8 N–H and O–H groups in total. The van der Waals surface area contributed by atoms with E-state index in [-0.39, 0.29) is 133 Å². The van der Waals surface area contributed by atoms with Crippen molar-refractivity contribution in [2.24, 2.45) is 0 Å². The minimum absolute atomic E-state index is 0.00288. The first-order valence-electron chi connectivity index (χ1n) is 23.7. The highest BCUT2D eigenvalue weighted by atomic mass is 131. The number of carbonyl (C=O) groups excluding carboxylic acids is 5. The standard InChI is InChI=1S/C49H58FIN8O15/c50-37-9-8-30(26-40-34-5-1-2-6-35(34)44(64)57-56-40)25-36(37)46(66)59-17-15-58(16-18-59)45(65)32-27-31(28-33(51)29-32)43(63)53-14-20-73-22-24-74-23-21-72-19-12-41(60)52-13-4-3-7-38(47(67)68)54-49(71)55-39(48(69)70)10-11-42(61)62/h1-2,5-6,8-9,25,27-29,38-39H,3-4,7,10-24,26H2,(H,52,60)(H,53,63)(H,57,64)(H,61,62)(H,67,68)(H,69,70)(H2,54,55,71)/i51+4. The fraction of sp³-hybridized carbons (Fsp3) is 0.429. The number of benzene rings is 3. The number of carbonyl (C=O) groups is 8. The van der Waals surface area contributed by atoms with Crippen LogP contribution in [-0.2, 0) is 39.8 Å². The van der Waals surface area contributed by atoms with E-state index in [1.165, 1.54) is 23.1 Å². The highest BCUT2D eigenvalue weighted by Crippen LogP contribution is 2.21. The van der Waals surface area contributed by atoms with Crippen molar-refractivity contribution in [3.05, 3.63) is 108 Å². The van der Waals surface area contributed by atoms with Crippen LogP contribution in [0.15, 0.2) is 65.5 Å². The second kappa shape index (κ2) is 29.6. The molecule has 1 aromatic heterocycles. The van der Waals surface area contributed by atoms with Crippen LogP contribution in [0.25, 0.3) is 10.8 Å². The lowest BCUT2D eigenvalue weighted by Crippen LogP contribution is -2.51. The predicted octanol–water partition coefficient (Wildman–Crippen LogP) is 2.38. The number of fused-ring (bicyclic) bond motifs is 1. The van der Waals surface area contributed by atoms with E-state index in [9.17, 15) is 48.3 Å². The van der Waals surface area contributed by atoms with Gasteiger partial charge in [-0.15, -0.1) is 0 Å². The summed E-state index contributed by atoms with van der Waals surface area (Å²) in [6.45, 7) is 2.43. The van der Waals surface area contributed by atoms with Crippen LogP contribution in [0.5, 0.6) is 0 Å². The predicted molar refractivity (Wildman–Crippen MR) is 270 cm³/mol. The second-order valence-corrected chi connectivity index (χ2v) is 18.1. The third-order valence-corrected chi connectivity index (χ3v) is 12.1. The van der Waals surface area contributed by atoms with Gasteiger partial charge in [0, 0.05) is 78.6 Å². The number of amides is 6. The van der Waals surface area contributed by atoms with Crippen molar-refractivity contribution in [1.29, 1.82) is 0 Å². The van der Waals surface area contributed by atoms with Crippen molar-refractivity contribution in [1.82, 2.24) is 41.3 Å². The molecule has 0 aliphatic carbocycles. The smallest absolute Gasteiger partial charge is 0.326 e. The molecule has 6 amide bonds. The molecule has 4 aromatic rings. The van der Waals surface area contributed by atoms with E-state index in [2.05, 4.69) is 31.5 Å². The van der Waals surface area contributed by atoms with Crippen LogP contribution >= 0.6 is 22.6 Å². The van der Waals surface area contributed by atoms with Crippen LogP contribution in [0, 0.1) is 9.39 Å². The molecule has 398 valence electrons. The summed E-state index contributed by atoms with van der Waals surface area (Å²) in [5, 5.41) is 44.8. The number of ether oxygens (including phenoxy) is 3. The van der Waals surface area contributed by atoms with E-state index in [0.29, 0.717) is 44.0 Å². The lowest BCUT2D eigenvalue weighted by Gasteiger charge is -2.35. The normalized spacial score (nSPS) is 13.2. The summed E-state index contributed by atoms with van der Waals surface area (Å²) >= 11 is 2.03. The van der Waals surface area contributed by atoms with E-state index >= 15 is 4.39 Å². The average Bonchev–Trinajstić information content (AvgIpc) is 3.38. The Kier molecular flexibility index (Phi) is 23.1. The Bertz CT molecular complexity index is 2700. The molecule has 5 rings (SSSR count). The molecule has 1 aliphatic heterocycles. The Morgan fingerprint density at radius 3 is 1.96 bits per heavy atom. The van der Waals surface area contributed by atoms with Crippen molar-refractivity contribution >= 4 is 80.9 Å². The fourth-order valence-electron chi connectivity index (χ4n) is 7.63. The maximum Gasteiger partial charge on any atom is 0.326 e. The summed E-state index contributed by atoms with van der Waals surface area (Å²) in [6, 6.07) is 12.2. The monoisotopic (exact) mass is 1150 g/mol. The average molecular weight is 1150 g/mol. The third kappa shape index (κ3) is 18.4. The van der Waals surface area contributed by atoms with Gasteiger partial charge in [0.15, 0.2) is 0 Å². The molecule has 3 aromatic carbocycles. The third-order valence-electron chi connectivity index (χ3n) is 11.5. The number of hydrogen-bond donors (Lipinski definition) is 8. The van der Waals surface area contributed by atoms with Gasteiger partial charge in [-0.05, 0) is 90.2 Å². The van der Waals surface area contributed by atoms with Gasteiger partial charge in [-0.25, -0.2) is 23.9 Å². The number of nitrogens with zero attached hydrogens (tertiary/aromatic N) is 3. The highest BCUT2D eigenvalue weighted by Gasteiger charge is 2.29. The molecule has 23 nitrogen and oxygen atoms in total. The van der Waals surface area contributed by atoms with Crippen molar-refractivity contribution < 1.29 is 72.3 Å². The molecular formula is C49H58FIN8O15. The molecular weight excluding hydrogens is 1090 g/mol. The summed E-state index contributed by atoms with van der Waals surface area (Å²) < 4.78 is 32.2. The van der Waals surface area contributed by atoms with Gasteiger partial charge in [0.2, 0.25) is 5.91 Å². The molecule has 0 saturated carbocycles. The molecule has 0 radical (unpaired) electrons. The van der Waals surface area contributed by atoms with E-state index in [1.807, 2.05) is 22.6 Å². The Morgan fingerprint density at radius 1 is 0.689 bits per heavy atom. The van der Waals surface area contributed by atoms with Crippen molar-refractivity contribution in [3.63, 3.8) is 0 Å². The van der Waals surface area contributed by atoms with Crippen LogP contribution in [-0.4, -0.2) is 174 Å². The van der Waals surface area contributed by atoms with Crippen LogP contribution in [0.2, 0.25) is 0 Å². The lowest BCUT2D eigenvalue weighted by atomic mass is 10.0. The molecule has 0 bridgehead atoms. The molecule has 0 spiro atoms. The minimum Gasteiger partial charge on any atom is -0.481 e. The summed E-state index contributed by atoms with van der Waals surface area (Å²) in [4.78, 5) is 113. The first kappa shape index (κ1) is 57.8. The number of aromatic amines is 1. The summed E-state index contributed by atoms with van der Waals surface area (Å²) in [7, 11) is 0. The van der Waals surface area contributed by atoms with Crippen LogP contribution in [0.3, 0.4) is 0 Å². The molecule has 25 heteroatoms. The van der Waals surface area contributed by atoms with Crippen molar-refractivity contribution in [2.75, 3.05) is 78.9 Å². The number of unbranched alkanes of at least 4 members (excludes halogenated alkanes) is 1. The zero-order valence-electron chi connectivity index (χ0n) is 40.2. The van der Waals surface area contributed by atoms with E-state index in [1.54, 1.807) is 47.4 Å². The molecule has 1 fully saturated rings. The van der Waals surface area contributed by atoms with Gasteiger partial charge in [-0.2, -0.15) is 5.10 Å². The number of rotatable bonds is 29. The van der Waals surface area contributed by atoms with Gasteiger partial charge in [-0.3, -0.25) is 28.8 Å². The quantitative estimate of drug-likeness (QED) is 0.0286. The van der Waals surface area contributed by atoms with Gasteiger partial charge in [0.1, 0.15) is 17.9 Å². The van der Waals surface area contributed by atoms with Crippen LogP contribution < -0.4 is 26.8 Å². The molecule has 2 unspecified atom stereocenters. The number of nitrogens with one attached hydrogen (secondary N) is 5. The van der Waals surface area contributed by atoms with Gasteiger partial charge in [-0.1, -0.05) is 24.3 Å². The van der Waals surface area contributed by atoms with Gasteiger partial charge >= 0.3 is 23.9 Å². The second-order valence-electron chi connectivity index (χ2n) is 16.9. The first-order chi connectivity index (χ1) is 35.5. The molecule has 2 atom stereocenters. The topological polar surface area (TPSA) is 325 Å². The number of piperazine rings is 1. The Balaban J connectivity index is 0.901. The van der Waals surface area contributed by atoms with Gasteiger partial charge in [0.05, 0.1) is 56.3 Å². The number of aromatic nitrogens is 2. The number of carboxylic acids is 3. The number of halogens is 2.